The molecule has 0 rings (SSSR count). The monoisotopic (exact) mass is 302 g/mol. The topological polar surface area (TPSA) is 55.8 Å². The van der Waals surface area contributed by atoms with Crippen molar-refractivity contribution in [3.05, 3.63) is 12.7 Å². The van der Waals surface area contributed by atoms with E-state index in [9.17, 15) is 9.90 Å². The molecule has 0 aromatic carbocycles. The summed E-state index contributed by atoms with van der Waals surface area (Å²) in [4.78, 5) is 11.9. The minimum absolute atomic E-state index is 0.0623. The van der Waals surface area contributed by atoms with Gasteiger partial charge in [-0.05, 0) is 31.5 Å². The number of rotatable bonds is 7. The summed E-state index contributed by atoms with van der Waals surface area (Å²) in [7, 11) is -0.628. The highest BCUT2D eigenvalue weighted by atomic mass is 28.4. The van der Waals surface area contributed by atoms with E-state index in [-0.39, 0.29) is 11.6 Å². The quantitative estimate of drug-likeness (QED) is 0.446. The normalized spacial score (nSPS) is 17.2. The Bertz CT molecular complexity index is 346. The highest BCUT2D eigenvalue weighted by Crippen LogP contribution is 2.37. The van der Waals surface area contributed by atoms with Crippen molar-refractivity contribution in [1.82, 2.24) is 0 Å². The van der Waals surface area contributed by atoms with Crippen molar-refractivity contribution < 1.29 is 19.1 Å². The van der Waals surface area contributed by atoms with Gasteiger partial charge < -0.3 is 14.3 Å². The minimum atomic E-state index is -1.95. The van der Waals surface area contributed by atoms with Crippen LogP contribution >= 0.6 is 0 Å². The third kappa shape index (κ3) is 4.43. The van der Waals surface area contributed by atoms with Gasteiger partial charge in [-0.3, -0.25) is 4.79 Å². The van der Waals surface area contributed by atoms with Crippen LogP contribution in [0, 0.1) is 5.41 Å². The van der Waals surface area contributed by atoms with Crippen LogP contribution in [-0.4, -0.2) is 39.2 Å². The molecular weight excluding hydrogens is 272 g/mol. The maximum Gasteiger partial charge on any atom is 0.314 e. The summed E-state index contributed by atoms with van der Waals surface area (Å²) in [5, 5.41) is 10.4. The first-order valence-electron chi connectivity index (χ1n) is 6.93. The number of aliphatic hydroxyl groups is 1. The van der Waals surface area contributed by atoms with E-state index in [2.05, 4.69) is 40.4 Å². The Morgan fingerprint density at radius 2 is 1.85 bits per heavy atom. The molecule has 0 spiro atoms. The molecule has 0 heterocycles. The number of hydrogen-bond acceptors (Lipinski definition) is 4. The second-order valence-corrected chi connectivity index (χ2v) is 11.8. The number of hydrogen-bond donors (Lipinski definition) is 1. The van der Waals surface area contributed by atoms with Crippen molar-refractivity contribution in [2.24, 2.45) is 5.41 Å². The number of allylic oxidation sites excluding steroid dienone is 1. The number of carbonyl (C=O) groups excluding carboxylic acids is 1. The van der Waals surface area contributed by atoms with Crippen molar-refractivity contribution in [2.45, 2.75) is 58.4 Å². The first kappa shape index (κ1) is 19.3. The van der Waals surface area contributed by atoms with E-state index in [1.165, 1.54) is 7.11 Å². The van der Waals surface area contributed by atoms with Gasteiger partial charge in [0.2, 0.25) is 0 Å². The lowest BCUT2D eigenvalue weighted by atomic mass is 9.81. The average molecular weight is 302 g/mol. The van der Waals surface area contributed by atoms with E-state index in [4.69, 9.17) is 9.16 Å². The van der Waals surface area contributed by atoms with Gasteiger partial charge in [-0.15, -0.1) is 6.58 Å². The van der Waals surface area contributed by atoms with Crippen LogP contribution in [0.5, 0.6) is 0 Å². The van der Waals surface area contributed by atoms with E-state index in [0.717, 1.165) is 0 Å². The van der Waals surface area contributed by atoms with Crippen molar-refractivity contribution in [2.75, 3.05) is 13.7 Å². The van der Waals surface area contributed by atoms with E-state index in [1.807, 2.05) is 0 Å². The molecular formula is C15H30O4Si. The number of aliphatic hydroxyl groups excluding tert-OH is 1. The van der Waals surface area contributed by atoms with Crippen LogP contribution in [0.4, 0.5) is 0 Å². The number of ether oxygens (including phenoxy) is 1. The number of methoxy groups -OCH3 is 1. The summed E-state index contributed by atoms with van der Waals surface area (Å²) in [6.07, 6.45) is 1.05. The molecule has 0 fully saturated rings. The zero-order chi connectivity index (χ0) is 16.2. The molecule has 0 radical (unpaired) electrons. The highest BCUT2D eigenvalue weighted by Gasteiger charge is 2.43. The molecule has 0 aliphatic carbocycles. The van der Waals surface area contributed by atoms with Gasteiger partial charge in [0.25, 0.3) is 0 Å². The Kier molecular flexibility index (Phi) is 6.65. The van der Waals surface area contributed by atoms with Crippen LogP contribution in [-0.2, 0) is 14.0 Å². The molecule has 0 aliphatic rings. The van der Waals surface area contributed by atoms with E-state index in [1.54, 1.807) is 13.0 Å². The average Bonchev–Trinajstić information content (AvgIpc) is 2.33. The lowest BCUT2D eigenvalue weighted by Gasteiger charge is -2.39. The highest BCUT2D eigenvalue weighted by molar-refractivity contribution is 6.74. The Morgan fingerprint density at radius 3 is 2.20 bits per heavy atom. The Balaban J connectivity index is 4.92. The van der Waals surface area contributed by atoms with Gasteiger partial charge in [-0.2, -0.15) is 0 Å². The van der Waals surface area contributed by atoms with Gasteiger partial charge in [0.1, 0.15) is 0 Å². The second kappa shape index (κ2) is 6.87. The van der Waals surface area contributed by atoms with Gasteiger partial charge in [-0.1, -0.05) is 26.8 Å². The maximum absolute atomic E-state index is 11.9. The molecule has 4 nitrogen and oxygen atoms in total. The summed E-state index contributed by atoms with van der Waals surface area (Å²) in [5.41, 5.74) is -1.02. The third-order valence-electron chi connectivity index (χ3n) is 4.36. The van der Waals surface area contributed by atoms with Crippen LogP contribution in [0.2, 0.25) is 18.1 Å². The fraction of sp³-hybridized carbons (Fsp3) is 0.800. The summed E-state index contributed by atoms with van der Waals surface area (Å²) in [6.45, 7) is 16.1. The largest absolute Gasteiger partial charge is 0.469 e. The molecule has 0 unspecified atom stereocenters. The predicted molar refractivity (Wildman–Crippen MR) is 84.1 cm³/mol. The zero-order valence-electron chi connectivity index (χ0n) is 13.9. The van der Waals surface area contributed by atoms with Crippen LogP contribution in [0.1, 0.15) is 34.1 Å². The molecule has 0 saturated carbocycles. The first-order valence-corrected chi connectivity index (χ1v) is 9.84. The van der Waals surface area contributed by atoms with Crippen molar-refractivity contribution in [3.63, 3.8) is 0 Å². The third-order valence-corrected chi connectivity index (χ3v) is 8.86. The fourth-order valence-corrected chi connectivity index (χ4v) is 2.58. The second-order valence-electron chi connectivity index (χ2n) is 6.99. The smallest absolute Gasteiger partial charge is 0.314 e. The SMILES string of the molecule is C=CC[C@](C)(C(=O)OC)[C@@H](O)CO[Si](C)(C)C(C)(C)C. The van der Waals surface area contributed by atoms with Crippen LogP contribution < -0.4 is 0 Å². The predicted octanol–water partition coefficient (Wildman–Crippen LogP) is 3.12. The molecule has 2 atom stereocenters. The van der Waals surface area contributed by atoms with Gasteiger partial charge in [0, 0.05) is 0 Å². The Hall–Kier alpha value is -0.653. The van der Waals surface area contributed by atoms with E-state index >= 15 is 0 Å². The molecule has 0 saturated heterocycles. The number of esters is 1. The summed E-state index contributed by atoms with van der Waals surface area (Å²) < 4.78 is 10.8. The molecule has 0 amide bonds. The summed E-state index contributed by atoms with van der Waals surface area (Å²) in [5.74, 6) is -0.441. The molecule has 0 aromatic heterocycles. The van der Waals surface area contributed by atoms with Gasteiger partial charge in [0.15, 0.2) is 8.32 Å². The number of carbonyl (C=O) groups is 1. The zero-order valence-corrected chi connectivity index (χ0v) is 14.9. The summed E-state index contributed by atoms with van der Waals surface area (Å²) >= 11 is 0. The van der Waals surface area contributed by atoms with Crippen LogP contribution in [0.15, 0.2) is 12.7 Å². The summed E-state index contributed by atoms with van der Waals surface area (Å²) in [6, 6.07) is 0. The molecule has 5 heteroatoms. The fourth-order valence-electron chi connectivity index (χ4n) is 1.58. The van der Waals surface area contributed by atoms with Crippen molar-refractivity contribution in [1.29, 1.82) is 0 Å². The van der Waals surface area contributed by atoms with Gasteiger partial charge >= 0.3 is 5.97 Å². The standard InChI is InChI=1S/C15H30O4Si/c1-9-10-15(5,13(17)18-6)12(16)11-19-20(7,8)14(2,3)4/h9,12,16H,1,10-11H2,2-8H3/t12-,15-/m0/s1. The van der Waals surface area contributed by atoms with Gasteiger partial charge in [0.05, 0.1) is 25.2 Å². The van der Waals surface area contributed by atoms with Crippen LogP contribution in [0.25, 0.3) is 0 Å². The molecule has 118 valence electrons. The molecule has 1 N–H and O–H groups in total. The van der Waals surface area contributed by atoms with E-state index < -0.39 is 25.8 Å². The lowest BCUT2D eigenvalue weighted by Crippen LogP contribution is -2.48. The first-order chi connectivity index (χ1) is 8.92. The Labute approximate surface area is 124 Å². The van der Waals surface area contributed by atoms with Crippen molar-refractivity contribution in [3.8, 4) is 0 Å². The Morgan fingerprint density at radius 1 is 1.35 bits per heavy atom. The van der Waals surface area contributed by atoms with E-state index in [0.29, 0.717) is 6.42 Å². The minimum Gasteiger partial charge on any atom is -0.469 e. The van der Waals surface area contributed by atoms with Gasteiger partial charge in [-0.25, -0.2) is 0 Å². The molecule has 20 heavy (non-hydrogen) atoms. The molecule has 0 bridgehead atoms. The molecule has 0 aliphatic heterocycles. The molecule has 0 aromatic rings. The van der Waals surface area contributed by atoms with Crippen molar-refractivity contribution >= 4 is 14.3 Å². The maximum atomic E-state index is 11.9. The van der Waals surface area contributed by atoms with Crippen LogP contribution in [0.3, 0.4) is 0 Å². The lowest BCUT2D eigenvalue weighted by molar-refractivity contribution is -0.160.